The van der Waals surface area contributed by atoms with Crippen LogP contribution in [0.1, 0.15) is 36.5 Å². The van der Waals surface area contributed by atoms with Gasteiger partial charge in [-0.3, -0.25) is 4.79 Å². The second-order valence-corrected chi connectivity index (χ2v) is 5.35. The normalized spacial score (nSPS) is 18.2. The van der Waals surface area contributed by atoms with Gasteiger partial charge in [-0.05, 0) is 30.7 Å². The lowest BCUT2D eigenvalue weighted by Crippen LogP contribution is -2.35. The van der Waals surface area contributed by atoms with Crippen molar-refractivity contribution in [2.45, 2.75) is 32.2 Å². The number of nitrogens with zero attached hydrogens (tertiary/aromatic N) is 1. The summed E-state index contributed by atoms with van der Waals surface area (Å²) in [6, 6.07) is 6.65. The molecule has 4 nitrogen and oxygen atoms in total. The lowest BCUT2D eigenvalue weighted by molar-refractivity contribution is 0.0951. The van der Waals surface area contributed by atoms with Gasteiger partial charge in [0.1, 0.15) is 6.61 Å². The third-order valence-electron chi connectivity index (χ3n) is 3.41. The molecule has 0 saturated carbocycles. The summed E-state index contributed by atoms with van der Waals surface area (Å²) in [5.41, 5.74) is 0.615. The van der Waals surface area contributed by atoms with Crippen LogP contribution in [0.3, 0.4) is 0 Å². The van der Waals surface area contributed by atoms with E-state index in [4.69, 9.17) is 16.3 Å². The van der Waals surface area contributed by atoms with Crippen molar-refractivity contribution in [3.8, 4) is 0 Å². The molecule has 0 radical (unpaired) electrons. The molecule has 0 N–H and O–H groups in total. The Bertz CT molecular complexity index is 486. The minimum atomic E-state index is -0.313. The molecule has 1 aliphatic rings. The van der Waals surface area contributed by atoms with E-state index in [-0.39, 0.29) is 24.3 Å². The maximum Gasteiger partial charge on any atom is 0.410 e. The van der Waals surface area contributed by atoms with Crippen molar-refractivity contribution in [1.29, 1.82) is 0 Å². The molecule has 0 spiro atoms. The molecule has 1 amide bonds. The number of benzene rings is 1. The molecule has 0 aliphatic carbocycles. The first kappa shape index (κ1) is 14.9. The van der Waals surface area contributed by atoms with Crippen LogP contribution in [0.5, 0.6) is 0 Å². The second-order valence-electron chi connectivity index (χ2n) is 4.91. The number of halogens is 1. The first-order valence-electron chi connectivity index (χ1n) is 6.84. The summed E-state index contributed by atoms with van der Waals surface area (Å²) in [6.45, 7) is 3.01. The van der Waals surface area contributed by atoms with Gasteiger partial charge in [0.15, 0.2) is 5.78 Å². The topological polar surface area (TPSA) is 46.6 Å². The van der Waals surface area contributed by atoms with E-state index in [1.807, 2.05) is 0 Å². The number of cyclic esters (lactones) is 1. The van der Waals surface area contributed by atoms with Gasteiger partial charge in [-0.25, -0.2) is 4.79 Å². The average molecular weight is 296 g/mol. The van der Waals surface area contributed by atoms with E-state index in [2.05, 4.69) is 6.92 Å². The van der Waals surface area contributed by atoms with Crippen LogP contribution in [0.15, 0.2) is 24.3 Å². The minimum Gasteiger partial charge on any atom is -0.447 e. The highest BCUT2D eigenvalue weighted by Crippen LogP contribution is 2.19. The minimum absolute atomic E-state index is 0.00599. The van der Waals surface area contributed by atoms with E-state index in [9.17, 15) is 9.59 Å². The van der Waals surface area contributed by atoms with Crippen molar-refractivity contribution in [3.05, 3.63) is 34.9 Å². The van der Waals surface area contributed by atoms with Crippen LogP contribution in [-0.2, 0) is 4.74 Å². The largest absolute Gasteiger partial charge is 0.447 e. The number of carbonyl (C=O) groups is 2. The molecule has 1 atom stereocenters. The maximum atomic E-state index is 12.2. The first-order valence-corrected chi connectivity index (χ1v) is 7.21. The van der Waals surface area contributed by atoms with Gasteiger partial charge in [-0.1, -0.05) is 24.9 Å². The predicted molar refractivity (Wildman–Crippen MR) is 77.1 cm³/mol. The SMILES string of the molecule is CCCCN1C(=O)OCC1CC(=O)c1ccc(Cl)cc1. The van der Waals surface area contributed by atoms with Crippen LogP contribution in [0.2, 0.25) is 5.02 Å². The van der Waals surface area contributed by atoms with Crippen molar-refractivity contribution in [2.24, 2.45) is 0 Å². The van der Waals surface area contributed by atoms with Gasteiger partial charge in [0.2, 0.25) is 0 Å². The highest BCUT2D eigenvalue weighted by Gasteiger charge is 2.33. The van der Waals surface area contributed by atoms with E-state index in [1.165, 1.54) is 0 Å². The van der Waals surface area contributed by atoms with Gasteiger partial charge >= 0.3 is 6.09 Å². The van der Waals surface area contributed by atoms with Crippen molar-refractivity contribution in [1.82, 2.24) is 4.90 Å². The third-order valence-corrected chi connectivity index (χ3v) is 3.67. The Morgan fingerprint density at radius 1 is 1.40 bits per heavy atom. The molecule has 1 heterocycles. The number of rotatable bonds is 6. The zero-order valence-corrected chi connectivity index (χ0v) is 12.2. The van der Waals surface area contributed by atoms with Crippen LogP contribution in [0, 0.1) is 0 Å². The number of amides is 1. The summed E-state index contributed by atoms with van der Waals surface area (Å²) in [7, 11) is 0. The predicted octanol–water partition coefficient (Wildman–Crippen LogP) is 3.53. The molecule has 20 heavy (non-hydrogen) atoms. The number of ketones is 1. The second kappa shape index (κ2) is 6.75. The molecule has 2 rings (SSSR count). The third kappa shape index (κ3) is 3.51. The molecule has 1 aromatic carbocycles. The smallest absolute Gasteiger partial charge is 0.410 e. The average Bonchev–Trinajstić information content (AvgIpc) is 2.78. The van der Waals surface area contributed by atoms with Crippen molar-refractivity contribution >= 4 is 23.5 Å². The van der Waals surface area contributed by atoms with Gasteiger partial charge in [0, 0.05) is 23.6 Å². The maximum absolute atomic E-state index is 12.2. The molecule has 5 heteroatoms. The summed E-state index contributed by atoms with van der Waals surface area (Å²) >= 11 is 5.80. The lowest BCUT2D eigenvalue weighted by atomic mass is 10.0. The highest BCUT2D eigenvalue weighted by molar-refractivity contribution is 6.30. The Hall–Kier alpha value is -1.55. The summed E-state index contributed by atoms with van der Waals surface area (Å²) in [4.78, 5) is 25.5. The molecule has 1 saturated heterocycles. The van der Waals surface area contributed by atoms with Crippen LogP contribution in [-0.4, -0.2) is 36.0 Å². The number of carbonyl (C=O) groups excluding carboxylic acids is 2. The van der Waals surface area contributed by atoms with E-state index in [0.29, 0.717) is 23.7 Å². The highest BCUT2D eigenvalue weighted by atomic mass is 35.5. The standard InChI is InChI=1S/C15H18ClNO3/c1-2-3-8-17-13(10-20-15(17)19)9-14(18)11-4-6-12(16)7-5-11/h4-7,13H,2-3,8-10H2,1H3. The monoisotopic (exact) mass is 295 g/mol. The van der Waals surface area contributed by atoms with Crippen LogP contribution >= 0.6 is 11.6 Å². The zero-order valence-electron chi connectivity index (χ0n) is 11.5. The molecule has 0 aromatic heterocycles. The van der Waals surface area contributed by atoms with Gasteiger partial charge in [-0.2, -0.15) is 0 Å². The number of Topliss-reactive ketones (excluding diaryl/α,β-unsaturated/α-hetero) is 1. The van der Waals surface area contributed by atoms with Crippen molar-refractivity contribution < 1.29 is 14.3 Å². The Morgan fingerprint density at radius 2 is 2.10 bits per heavy atom. The molecule has 1 aliphatic heterocycles. The molecule has 1 fully saturated rings. The van der Waals surface area contributed by atoms with Crippen LogP contribution in [0.4, 0.5) is 4.79 Å². The fraction of sp³-hybridized carbons (Fsp3) is 0.467. The van der Waals surface area contributed by atoms with Gasteiger partial charge in [0.25, 0.3) is 0 Å². The zero-order chi connectivity index (χ0) is 14.5. The Labute approximate surface area is 123 Å². The first-order chi connectivity index (χ1) is 9.61. The Morgan fingerprint density at radius 3 is 2.75 bits per heavy atom. The fourth-order valence-corrected chi connectivity index (χ4v) is 2.35. The number of hydrogen-bond acceptors (Lipinski definition) is 3. The summed E-state index contributed by atoms with van der Waals surface area (Å²) in [5.74, 6) is 0.00599. The van der Waals surface area contributed by atoms with E-state index >= 15 is 0 Å². The quantitative estimate of drug-likeness (QED) is 0.754. The van der Waals surface area contributed by atoms with E-state index in [1.54, 1.807) is 29.2 Å². The molecule has 108 valence electrons. The van der Waals surface area contributed by atoms with Gasteiger partial charge in [-0.15, -0.1) is 0 Å². The summed E-state index contributed by atoms with van der Waals surface area (Å²) in [6.07, 6.45) is 1.90. The number of unbranched alkanes of at least 4 members (excludes halogenated alkanes) is 1. The van der Waals surface area contributed by atoms with E-state index < -0.39 is 0 Å². The van der Waals surface area contributed by atoms with Crippen LogP contribution < -0.4 is 0 Å². The Kier molecular flexibility index (Phi) is 5.01. The van der Waals surface area contributed by atoms with Crippen molar-refractivity contribution in [3.63, 3.8) is 0 Å². The fourth-order valence-electron chi connectivity index (χ4n) is 2.23. The Balaban J connectivity index is 1.99. The molecular weight excluding hydrogens is 278 g/mol. The number of hydrogen-bond donors (Lipinski definition) is 0. The van der Waals surface area contributed by atoms with Crippen molar-refractivity contribution in [2.75, 3.05) is 13.2 Å². The summed E-state index contributed by atoms with van der Waals surface area (Å²) < 4.78 is 5.04. The van der Waals surface area contributed by atoms with E-state index in [0.717, 1.165) is 12.8 Å². The molecule has 1 aromatic rings. The van der Waals surface area contributed by atoms with Crippen LogP contribution in [0.25, 0.3) is 0 Å². The molecule has 0 bridgehead atoms. The molecular formula is C15H18ClNO3. The number of ether oxygens (including phenoxy) is 1. The molecule has 1 unspecified atom stereocenters. The lowest BCUT2D eigenvalue weighted by Gasteiger charge is -2.20. The van der Waals surface area contributed by atoms with Gasteiger partial charge in [0.05, 0.1) is 6.04 Å². The summed E-state index contributed by atoms with van der Waals surface area (Å²) in [5, 5.41) is 0.602. The van der Waals surface area contributed by atoms with Gasteiger partial charge < -0.3 is 9.64 Å².